The van der Waals surface area contributed by atoms with Crippen molar-refractivity contribution in [1.82, 2.24) is 0 Å². The molecule has 1 amide bonds. The number of amides is 1. The number of aliphatic hydroxyl groups is 1. The van der Waals surface area contributed by atoms with Crippen molar-refractivity contribution in [3.8, 4) is 0 Å². The zero-order valence-corrected chi connectivity index (χ0v) is 9.97. The second-order valence-corrected chi connectivity index (χ2v) is 5.10. The fourth-order valence-corrected chi connectivity index (χ4v) is 2.67. The van der Waals surface area contributed by atoms with E-state index in [0.29, 0.717) is 12.8 Å². The molecule has 3 rings (SSSR count). The van der Waals surface area contributed by atoms with Crippen molar-refractivity contribution in [2.75, 3.05) is 0 Å². The molecule has 1 aliphatic rings. The molecule has 0 heterocycles. The summed E-state index contributed by atoms with van der Waals surface area (Å²) in [5.74, 6) is -0.512. The highest BCUT2D eigenvalue weighted by atomic mass is 16.3. The Labute approximate surface area is 105 Å². The van der Waals surface area contributed by atoms with E-state index in [4.69, 9.17) is 5.73 Å². The Balaban J connectivity index is 1.94. The van der Waals surface area contributed by atoms with Gasteiger partial charge in [-0.05, 0) is 35.2 Å². The summed E-state index contributed by atoms with van der Waals surface area (Å²) in [4.78, 5) is 11.0. The lowest BCUT2D eigenvalue weighted by molar-refractivity contribution is -0.139. The Hall–Kier alpha value is -1.87. The van der Waals surface area contributed by atoms with Gasteiger partial charge in [0.2, 0.25) is 5.91 Å². The molecule has 0 unspecified atom stereocenters. The molecule has 2 aromatic carbocycles. The number of carbonyl (C=O) groups is 1. The molecule has 3 heteroatoms. The number of hydrogen-bond donors (Lipinski definition) is 2. The molecule has 1 fully saturated rings. The van der Waals surface area contributed by atoms with Gasteiger partial charge in [0.1, 0.15) is 0 Å². The summed E-state index contributed by atoms with van der Waals surface area (Å²) in [6.07, 6.45) is 0.862. The fourth-order valence-electron chi connectivity index (χ4n) is 2.67. The molecule has 2 aromatic rings. The molecule has 3 N–H and O–H groups in total. The minimum Gasteiger partial charge on any atom is -0.385 e. The molecule has 1 aliphatic carbocycles. The van der Waals surface area contributed by atoms with E-state index in [-0.39, 0.29) is 11.8 Å². The standard InChI is InChI=1S/C15H15NO2/c16-14(17)12-8-15(18,9-12)13-6-5-10-3-1-2-4-11(10)7-13/h1-7,12,18H,8-9H2,(H2,16,17). The van der Waals surface area contributed by atoms with E-state index in [1.807, 2.05) is 42.5 Å². The quantitative estimate of drug-likeness (QED) is 0.843. The predicted octanol–water partition coefficient (Wildman–Crippen LogP) is 1.92. The van der Waals surface area contributed by atoms with E-state index in [2.05, 4.69) is 0 Å². The van der Waals surface area contributed by atoms with Gasteiger partial charge >= 0.3 is 0 Å². The molecule has 0 spiro atoms. The van der Waals surface area contributed by atoms with Crippen molar-refractivity contribution in [3.63, 3.8) is 0 Å². The van der Waals surface area contributed by atoms with Crippen molar-refractivity contribution in [2.24, 2.45) is 11.7 Å². The molecule has 0 saturated heterocycles. The average Bonchev–Trinajstić information content (AvgIpc) is 2.34. The normalized spacial score (nSPS) is 26.8. The van der Waals surface area contributed by atoms with Crippen LogP contribution >= 0.6 is 0 Å². The maximum atomic E-state index is 11.0. The van der Waals surface area contributed by atoms with Crippen LogP contribution in [0.4, 0.5) is 0 Å². The third-order valence-electron chi connectivity index (χ3n) is 3.86. The van der Waals surface area contributed by atoms with E-state index in [9.17, 15) is 9.90 Å². The monoisotopic (exact) mass is 241 g/mol. The molecule has 0 bridgehead atoms. The summed E-state index contributed by atoms with van der Waals surface area (Å²) >= 11 is 0. The van der Waals surface area contributed by atoms with Crippen LogP contribution in [0.25, 0.3) is 10.8 Å². The number of benzene rings is 2. The summed E-state index contributed by atoms with van der Waals surface area (Å²) in [5.41, 5.74) is 5.23. The van der Waals surface area contributed by atoms with E-state index in [0.717, 1.165) is 16.3 Å². The fraction of sp³-hybridized carbons (Fsp3) is 0.267. The van der Waals surface area contributed by atoms with Crippen molar-refractivity contribution in [3.05, 3.63) is 48.0 Å². The van der Waals surface area contributed by atoms with Crippen LogP contribution < -0.4 is 5.73 Å². The van der Waals surface area contributed by atoms with Crippen LogP contribution in [0.15, 0.2) is 42.5 Å². The number of nitrogens with two attached hydrogens (primary N) is 1. The first-order valence-electron chi connectivity index (χ1n) is 6.09. The zero-order chi connectivity index (χ0) is 12.8. The minimum atomic E-state index is -0.885. The summed E-state index contributed by atoms with van der Waals surface area (Å²) in [6, 6.07) is 13.9. The van der Waals surface area contributed by atoms with Gasteiger partial charge < -0.3 is 10.8 Å². The SMILES string of the molecule is NC(=O)C1CC(O)(c2ccc3ccccc3c2)C1. The molecular formula is C15H15NO2. The van der Waals surface area contributed by atoms with Crippen LogP contribution in [0.2, 0.25) is 0 Å². The van der Waals surface area contributed by atoms with Crippen LogP contribution in [0.1, 0.15) is 18.4 Å². The Morgan fingerprint density at radius 1 is 1.17 bits per heavy atom. The van der Waals surface area contributed by atoms with Crippen molar-refractivity contribution in [1.29, 1.82) is 0 Å². The lowest BCUT2D eigenvalue weighted by Gasteiger charge is -2.42. The van der Waals surface area contributed by atoms with Gasteiger partial charge in [-0.2, -0.15) is 0 Å². The van der Waals surface area contributed by atoms with Gasteiger partial charge in [0.15, 0.2) is 0 Å². The smallest absolute Gasteiger partial charge is 0.220 e. The van der Waals surface area contributed by atoms with E-state index >= 15 is 0 Å². The van der Waals surface area contributed by atoms with Gasteiger partial charge in [0.25, 0.3) is 0 Å². The van der Waals surface area contributed by atoms with Gasteiger partial charge in [0.05, 0.1) is 5.60 Å². The molecule has 1 saturated carbocycles. The van der Waals surface area contributed by atoms with E-state index in [1.54, 1.807) is 0 Å². The molecule has 18 heavy (non-hydrogen) atoms. The Morgan fingerprint density at radius 3 is 2.50 bits per heavy atom. The Kier molecular flexibility index (Phi) is 2.38. The highest BCUT2D eigenvalue weighted by Crippen LogP contribution is 2.45. The Bertz CT molecular complexity index is 615. The van der Waals surface area contributed by atoms with Gasteiger partial charge in [-0.15, -0.1) is 0 Å². The van der Waals surface area contributed by atoms with Crippen molar-refractivity contribution >= 4 is 16.7 Å². The maximum absolute atomic E-state index is 11.0. The number of primary amides is 1. The van der Waals surface area contributed by atoms with Crippen molar-refractivity contribution < 1.29 is 9.90 Å². The third-order valence-corrected chi connectivity index (χ3v) is 3.86. The average molecular weight is 241 g/mol. The summed E-state index contributed by atoms with van der Waals surface area (Å²) < 4.78 is 0. The third kappa shape index (κ3) is 1.68. The van der Waals surface area contributed by atoms with Gasteiger partial charge in [0, 0.05) is 5.92 Å². The van der Waals surface area contributed by atoms with Gasteiger partial charge in [-0.3, -0.25) is 4.79 Å². The van der Waals surface area contributed by atoms with Crippen LogP contribution in [-0.2, 0) is 10.4 Å². The largest absolute Gasteiger partial charge is 0.385 e. The number of fused-ring (bicyclic) bond motifs is 1. The molecule has 0 radical (unpaired) electrons. The summed E-state index contributed by atoms with van der Waals surface area (Å²) in [5, 5.41) is 12.7. The maximum Gasteiger partial charge on any atom is 0.220 e. The van der Waals surface area contributed by atoms with E-state index in [1.165, 1.54) is 0 Å². The molecule has 3 nitrogen and oxygen atoms in total. The molecule has 0 aromatic heterocycles. The minimum absolute atomic E-state index is 0.193. The van der Waals surface area contributed by atoms with E-state index < -0.39 is 5.60 Å². The second kappa shape index (κ2) is 3.82. The van der Waals surface area contributed by atoms with Gasteiger partial charge in [-0.25, -0.2) is 0 Å². The number of rotatable bonds is 2. The first kappa shape index (κ1) is 11.2. The van der Waals surface area contributed by atoms with Crippen LogP contribution in [0.5, 0.6) is 0 Å². The summed E-state index contributed by atoms with van der Waals surface area (Å²) in [7, 11) is 0. The van der Waals surface area contributed by atoms with Gasteiger partial charge in [-0.1, -0.05) is 36.4 Å². The van der Waals surface area contributed by atoms with Crippen LogP contribution in [0.3, 0.4) is 0 Å². The highest BCUT2D eigenvalue weighted by molar-refractivity contribution is 5.83. The predicted molar refractivity (Wildman–Crippen MR) is 69.8 cm³/mol. The van der Waals surface area contributed by atoms with Crippen molar-refractivity contribution in [2.45, 2.75) is 18.4 Å². The lowest BCUT2D eigenvalue weighted by Crippen LogP contribution is -2.46. The lowest BCUT2D eigenvalue weighted by atomic mass is 9.67. The molecule has 0 atom stereocenters. The first-order chi connectivity index (χ1) is 8.58. The molecule has 0 aliphatic heterocycles. The topological polar surface area (TPSA) is 63.3 Å². The van der Waals surface area contributed by atoms with Crippen LogP contribution in [0, 0.1) is 5.92 Å². The second-order valence-electron chi connectivity index (χ2n) is 5.10. The van der Waals surface area contributed by atoms with Crippen LogP contribution in [-0.4, -0.2) is 11.0 Å². The molecular weight excluding hydrogens is 226 g/mol. The first-order valence-corrected chi connectivity index (χ1v) is 6.09. The Morgan fingerprint density at radius 2 is 1.83 bits per heavy atom. The highest BCUT2D eigenvalue weighted by Gasteiger charge is 2.46. The number of hydrogen-bond acceptors (Lipinski definition) is 2. The molecule has 92 valence electrons. The zero-order valence-electron chi connectivity index (χ0n) is 9.97. The summed E-state index contributed by atoms with van der Waals surface area (Å²) in [6.45, 7) is 0. The number of carbonyl (C=O) groups excluding carboxylic acids is 1.